The first kappa shape index (κ1) is 26.2. The summed E-state index contributed by atoms with van der Waals surface area (Å²) in [6, 6.07) is 3.44. The van der Waals surface area contributed by atoms with Gasteiger partial charge in [-0.15, -0.1) is 0 Å². The molecule has 13 heteroatoms. The van der Waals surface area contributed by atoms with E-state index in [9.17, 15) is 21.6 Å². The number of rotatable bonds is 7. The van der Waals surface area contributed by atoms with Gasteiger partial charge in [0.1, 0.15) is 18.2 Å². The highest BCUT2D eigenvalue weighted by atomic mass is 35.5. The molecule has 1 aliphatic heterocycles. The van der Waals surface area contributed by atoms with Crippen LogP contribution in [0, 0.1) is 11.8 Å². The molecule has 194 valence electrons. The number of allylic oxidation sites excluding steroid dienone is 3. The van der Waals surface area contributed by atoms with Gasteiger partial charge in [0.2, 0.25) is 0 Å². The lowest BCUT2D eigenvalue weighted by Crippen LogP contribution is -2.33. The lowest BCUT2D eigenvalue weighted by molar-refractivity contribution is -0.169. The van der Waals surface area contributed by atoms with Gasteiger partial charge in [-0.25, -0.2) is 13.4 Å². The molecular weight excluding hydrogens is 519 g/mol. The highest BCUT2D eigenvalue weighted by molar-refractivity contribution is 7.90. The molecule has 0 amide bonds. The van der Waals surface area contributed by atoms with Gasteiger partial charge in [-0.05, 0) is 30.5 Å². The van der Waals surface area contributed by atoms with Gasteiger partial charge >= 0.3 is 12.2 Å². The molecule has 0 saturated carbocycles. The Bertz CT molecular complexity index is 1300. The second-order valence-electron chi connectivity index (χ2n) is 8.77. The molecule has 2 aromatic rings. The smallest absolute Gasteiger partial charge is 0.395 e. The van der Waals surface area contributed by atoms with Crippen molar-refractivity contribution >= 4 is 33.1 Å². The first-order valence-corrected chi connectivity index (χ1v) is 13.6. The summed E-state index contributed by atoms with van der Waals surface area (Å²) in [4.78, 5) is 15.2. The van der Waals surface area contributed by atoms with Gasteiger partial charge < -0.3 is 15.0 Å². The number of anilines is 2. The van der Waals surface area contributed by atoms with E-state index in [0.29, 0.717) is 47.6 Å². The predicted octanol–water partition coefficient (Wildman–Crippen LogP) is 4.19. The molecule has 2 atom stereocenters. The summed E-state index contributed by atoms with van der Waals surface area (Å²) in [6.07, 6.45) is 2.96. The van der Waals surface area contributed by atoms with E-state index in [1.807, 2.05) is 4.90 Å². The van der Waals surface area contributed by atoms with Crippen molar-refractivity contribution in [3.05, 3.63) is 58.5 Å². The number of sulfone groups is 1. The van der Waals surface area contributed by atoms with E-state index in [2.05, 4.69) is 20.3 Å². The molecule has 1 N–H and O–H groups in total. The van der Waals surface area contributed by atoms with Gasteiger partial charge in [0.25, 0.3) is 0 Å². The molecule has 0 aromatic carbocycles. The fourth-order valence-corrected chi connectivity index (χ4v) is 4.73. The molecule has 3 heterocycles. The molecule has 0 radical (unpaired) electrons. The van der Waals surface area contributed by atoms with Crippen molar-refractivity contribution in [2.24, 2.45) is 11.8 Å². The lowest BCUT2D eigenvalue weighted by Gasteiger charge is -2.31. The van der Waals surface area contributed by atoms with Crippen molar-refractivity contribution in [1.82, 2.24) is 15.0 Å². The number of ether oxygens (including phenoxy) is 1. The van der Waals surface area contributed by atoms with Crippen LogP contribution in [0.4, 0.5) is 24.8 Å². The number of fused-ring (bicyclic) bond motifs is 1. The van der Waals surface area contributed by atoms with Gasteiger partial charge in [0, 0.05) is 30.3 Å². The average molecular weight is 544 g/mol. The normalized spacial score (nSPS) is 20.1. The molecule has 2 unspecified atom stereocenters. The fraction of sp³-hybridized carbons (Fsp3) is 0.435. The van der Waals surface area contributed by atoms with Crippen molar-refractivity contribution in [3.8, 4) is 6.01 Å². The number of nitrogens with one attached hydrogen (secondary N) is 1. The lowest BCUT2D eigenvalue weighted by atomic mass is 9.88. The molecule has 8 nitrogen and oxygen atoms in total. The zero-order valence-electron chi connectivity index (χ0n) is 19.6. The molecule has 36 heavy (non-hydrogen) atoms. The number of hydrogen-bond acceptors (Lipinski definition) is 8. The summed E-state index contributed by atoms with van der Waals surface area (Å²) < 4.78 is 68.2. The zero-order valence-corrected chi connectivity index (χ0v) is 21.2. The number of nitrogens with zero attached hydrogens (tertiary/aromatic N) is 4. The van der Waals surface area contributed by atoms with Crippen LogP contribution in [0.3, 0.4) is 0 Å². The third-order valence-electron chi connectivity index (χ3n) is 5.90. The highest BCUT2D eigenvalue weighted by Crippen LogP contribution is 2.37. The molecule has 1 aliphatic carbocycles. The minimum atomic E-state index is -4.33. The maximum absolute atomic E-state index is 13.2. The van der Waals surface area contributed by atoms with Gasteiger partial charge in [0.15, 0.2) is 9.84 Å². The number of pyridine rings is 1. The van der Waals surface area contributed by atoms with Crippen LogP contribution in [-0.4, -0.2) is 54.7 Å². The monoisotopic (exact) mass is 543 g/mol. The third kappa shape index (κ3) is 6.28. The van der Waals surface area contributed by atoms with Crippen LogP contribution >= 0.6 is 11.6 Å². The van der Waals surface area contributed by atoms with Crippen LogP contribution in [0.5, 0.6) is 6.01 Å². The summed E-state index contributed by atoms with van der Waals surface area (Å²) in [5.74, 6) is -1.54. The molecule has 2 aliphatic rings. The topological polar surface area (TPSA) is 97.3 Å². The molecule has 0 spiro atoms. The number of halogens is 4. The number of hydrogen-bond donors (Lipinski definition) is 1. The van der Waals surface area contributed by atoms with Crippen LogP contribution in [0.2, 0.25) is 5.02 Å². The Hall–Kier alpha value is -2.86. The Morgan fingerprint density at radius 3 is 2.75 bits per heavy atom. The second-order valence-corrected chi connectivity index (χ2v) is 11.4. The van der Waals surface area contributed by atoms with Gasteiger partial charge in [-0.2, -0.15) is 23.1 Å². The molecule has 4 rings (SSSR count). The third-order valence-corrected chi connectivity index (χ3v) is 7.10. The van der Waals surface area contributed by atoms with Crippen LogP contribution in [0.1, 0.15) is 18.2 Å². The number of aromatic nitrogens is 3. The van der Waals surface area contributed by atoms with Crippen molar-refractivity contribution in [3.63, 3.8) is 0 Å². The molecular formula is C23H25ClF3N5O3S. The van der Waals surface area contributed by atoms with Crippen LogP contribution in [0.15, 0.2) is 42.3 Å². The fourth-order valence-electron chi connectivity index (χ4n) is 4.10. The first-order valence-electron chi connectivity index (χ1n) is 11.2. The van der Waals surface area contributed by atoms with Crippen LogP contribution < -0.4 is 15.0 Å². The minimum Gasteiger partial charge on any atom is -0.462 e. The minimum absolute atomic E-state index is 0.0320. The molecule has 2 aromatic heterocycles. The standard InChI is InChI=1S/C23H25ClF3N5O3S/c1-14-12-15(5-6-17(14)23(25,26)27)29-20-16-7-9-32(21-18(24)4-3-8-28-21)13-19(16)30-22(31-20)35-10-11-36(2,33)34/h3-6,8,12,14,17H,7,9-11,13H2,1-2H3,(H,29,30,31). The van der Waals surface area contributed by atoms with E-state index in [0.717, 1.165) is 17.9 Å². The summed E-state index contributed by atoms with van der Waals surface area (Å²) in [6.45, 7) is 2.28. The van der Waals surface area contributed by atoms with Crippen molar-refractivity contribution in [2.45, 2.75) is 26.1 Å². The first-order chi connectivity index (χ1) is 16.9. The van der Waals surface area contributed by atoms with Crippen LogP contribution in [0.25, 0.3) is 0 Å². The predicted molar refractivity (Wildman–Crippen MR) is 131 cm³/mol. The van der Waals surface area contributed by atoms with Crippen molar-refractivity contribution in [1.29, 1.82) is 0 Å². The Morgan fingerprint density at radius 2 is 2.08 bits per heavy atom. The van der Waals surface area contributed by atoms with Crippen LogP contribution in [-0.2, 0) is 22.8 Å². The Morgan fingerprint density at radius 1 is 1.31 bits per heavy atom. The zero-order chi connectivity index (χ0) is 26.1. The van der Waals surface area contributed by atoms with E-state index in [-0.39, 0.29) is 18.4 Å². The van der Waals surface area contributed by atoms with E-state index < -0.39 is 27.8 Å². The van der Waals surface area contributed by atoms with E-state index in [1.165, 1.54) is 19.1 Å². The van der Waals surface area contributed by atoms with E-state index in [1.54, 1.807) is 18.3 Å². The quantitative estimate of drug-likeness (QED) is 0.555. The SMILES string of the molecule is CC1C=C(Nc2nc(OCCS(C)(=O)=O)nc3c2CCN(c2ncccc2Cl)C3)C=CC1C(F)(F)F. The summed E-state index contributed by atoms with van der Waals surface area (Å²) in [7, 11) is -3.25. The van der Waals surface area contributed by atoms with Crippen molar-refractivity contribution in [2.75, 3.05) is 35.4 Å². The Balaban J connectivity index is 1.63. The summed E-state index contributed by atoms with van der Waals surface area (Å²) in [5.41, 5.74) is 1.88. The largest absolute Gasteiger partial charge is 0.462 e. The van der Waals surface area contributed by atoms with Gasteiger partial charge in [0.05, 0.1) is 28.9 Å². The summed E-state index contributed by atoms with van der Waals surface area (Å²) in [5, 5.41) is 3.61. The van der Waals surface area contributed by atoms with E-state index >= 15 is 0 Å². The maximum atomic E-state index is 13.2. The van der Waals surface area contributed by atoms with Gasteiger partial charge in [-0.1, -0.05) is 30.7 Å². The Labute approximate surface area is 212 Å². The highest BCUT2D eigenvalue weighted by Gasteiger charge is 2.41. The van der Waals surface area contributed by atoms with E-state index in [4.69, 9.17) is 16.3 Å². The Kier molecular flexibility index (Phi) is 7.46. The second kappa shape index (κ2) is 10.3. The average Bonchev–Trinajstić information content (AvgIpc) is 2.77. The molecule has 0 bridgehead atoms. The molecule has 0 saturated heterocycles. The summed E-state index contributed by atoms with van der Waals surface area (Å²) >= 11 is 6.32. The van der Waals surface area contributed by atoms with Crippen molar-refractivity contribution < 1.29 is 26.3 Å². The molecule has 0 fully saturated rings. The number of alkyl halides is 3. The maximum Gasteiger partial charge on any atom is 0.395 e. The van der Waals surface area contributed by atoms with Gasteiger partial charge in [-0.3, -0.25) is 0 Å².